The molecule has 0 aliphatic rings. The molecule has 0 aromatic heterocycles. The second-order valence-corrected chi connectivity index (χ2v) is 6.83. The minimum absolute atomic E-state index is 0.00403. The van der Waals surface area contributed by atoms with Gasteiger partial charge in [0.25, 0.3) is 5.91 Å². The van der Waals surface area contributed by atoms with Crippen LogP contribution in [0.5, 0.6) is 0 Å². The predicted octanol–water partition coefficient (Wildman–Crippen LogP) is 4.05. The fraction of sp³-hybridized carbons (Fsp3) is 0.462. The first-order chi connectivity index (χ1) is 7.90. The Kier molecular flexibility index (Phi) is 5.67. The maximum Gasteiger partial charge on any atom is 0.251 e. The predicted molar refractivity (Wildman–Crippen MR) is 78.8 cm³/mol. The molecule has 0 spiro atoms. The van der Waals surface area contributed by atoms with Gasteiger partial charge in [-0.1, -0.05) is 38.8 Å². The van der Waals surface area contributed by atoms with Gasteiger partial charge in [-0.05, 0) is 44.0 Å². The van der Waals surface area contributed by atoms with Gasteiger partial charge >= 0.3 is 0 Å². The Morgan fingerprint density at radius 3 is 2.59 bits per heavy atom. The molecule has 2 atom stereocenters. The van der Waals surface area contributed by atoms with Gasteiger partial charge in [-0.2, -0.15) is 0 Å². The summed E-state index contributed by atoms with van der Waals surface area (Å²) in [5, 5.41) is 3.00. The van der Waals surface area contributed by atoms with Gasteiger partial charge in [-0.15, -0.1) is 0 Å². The molecule has 94 valence electrons. The summed E-state index contributed by atoms with van der Waals surface area (Å²) in [6.45, 7) is 6.04. The fourth-order valence-corrected chi connectivity index (χ4v) is 2.77. The van der Waals surface area contributed by atoms with Crippen LogP contribution in [0.1, 0.15) is 36.2 Å². The van der Waals surface area contributed by atoms with Crippen LogP contribution in [0.3, 0.4) is 0 Å². The number of rotatable bonds is 4. The highest BCUT2D eigenvalue weighted by Gasteiger charge is 2.13. The topological polar surface area (TPSA) is 29.1 Å². The van der Waals surface area contributed by atoms with Gasteiger partial charge in [-0.3, -0.25) is 4.79 Å². The first kappa shape index (κ1) is 14.7. The smallest absolute Gasteiger partial charge is 0.251 e. The van der Waals surface area contributed by atoms with Gasteiger partial charge < -0.3 is 5.32 Å². The van der Waals surface area contributed by atoms with Crippen molar-refractivity contribution in [2.24, 2.45) is 0 Å². The van der Waals surface area contributed by atoms with Gasteiger partial charge in [-0.25, -0.2) is 0 Å². The van der Waals surface area contributed by atoms with Crippen molar-refractivity contribution in [2.45, 2.75) is 38.1 Å². The molecule has 0 aliphatic carbocycles. The Morgan fingerprint density at radius 2 is 2.06 bits per heavy atom. The molecule has 0 saturated heterocycles. The zero-order valence-electron chi connectivity index (χ0n) is 10.3. The maximum absolute atomic E-state index is 12.0. The molecule has 0 saturated carbocycles. The van der Waals surface area contributed by atoms with Crippen LogP contribution in [0.4, 0.5) is 0 Å². The molecule has 4 heteroatoms. The number of nitrogens with one attached hydrogen (secondary N) is 1. The highest BCUT2D eigenvalue weighted by Crippen LogP contribution is 2.16. The molecular formula is C13H17Br2NO. The van der Waals surface area contributed by atoms with Crippen molar-refractivity contribution in [3.63, 3.8) is 0 Å². The molecule has 1 aromatic carbocycles. The van der Waals surface area contributed by atoms with E-state index in [2.05, 4.69) is 44.1 Å². The minimum atomic E-state index is -0.00403. The molecule has 1 N–H and O–H groups in total. The van der Waals surface area contributed by atoms with E-state index in [0.29, 0.717) is 4.83 Å². The van der Waals surface area contributed by atoms with E-state index >= 15 is 0 Å². The molecular weight excluding hydrogens is 346 g/mol. The first-order valence-corrected chi connectivity index (χ1v) is 7.32. The van der Waals surface area contributed by atoms with Crippen LogP contribution in [0.25, 0.3) is 0 Å². The molecule has 1 rings (SSSR count). The number of aryl methyl sites for hydroxylation is 1. The lowest BCUT2D eigenvalue weighted by Crippen LogP contribution is -2.34. The van der Waals surface area contributed by atoms with E-state index in [1.807, 2.05) is 32.0 Å². The molecule has 17 heavy (non-hydrogen) atoms. The van der Waals surface area contributed by atoms with E-state index in [4.69, 9.17) is 0 Å². The summed E-state index contributed by atoms with van der Waals surface area (Å²) >= 11 is 6.88. The zero-order chi connectivity index (χ0) is 13.0. The molecule has 2 unspecified atom stereocenters. The molecule has 0 aliphatic heterocycles. The van der Waals surface area contributed by atoms with Gasteiger partial charge in [0.05, 0.1) is 0 Å². The van der Waals surface area contributed by atoms with Crippen LogP contribution in [-0.2, 0) is 0 Å². The van der Waals surface area contributed by atoms with E-state index in [9.17, 15) is 4.79 Å². The van der Waals surface area contributed by atoms with Crippen LogP contribution in [0.2, 0.25) is 0 Å². The lowest BCUT2D eigenvalue weighted by molar-refractivity contribution is 0.0938. The molecule has 1 aromatic rings. The van der Waals surface area contributed by atoms with Gasteiger partial charge in [0.15, 0.2) is 0 Å². The summed E-state index contributed by atoms with van der Waals surface area (Å²) in [5.74, 6) is -0.00403. The molecule has 0 bridgehead atoms. The number of carbonyl (C=O) groups excluding carboxylic acids is 1. The van der Waals surface area contributed by atoms with E-state index in [0.717, 1.165) is 22.0 Å². The van der Waals surface area contributed by atoms with Crippen molar-refractivity contribution in [3.8, 4) is 0 Å². The second-order valence-electron chi connectivity index (χ2n) is 4.35. The number of alkyl halides is 1. The molecule has 0 fully saturated rings. The largest absolute Gasteiger partial charge is 0.350 e. The summed E-state index contributed by atoms with van der Waals surface area (Å²) in [7, 11) is 0. The second kappa shape index (κ2) is 6.55. The minimum Gasteiger partial charge on any atom is -0.350 e. The highest BCUT2D eigenvalue weighted by molar-refractivity contribution is 9.10. The number of halogens is 2. The molecule has 2 nitrogen and oxygen atoms in total. The maximum atomic E-state index is 12.0. The van der Waals surface area contributed by atoms with Crippen LogP contribution >= 0.6 is 31.9 Å². The molecule has 0 heterocycles. The van der Waals surface area contributed by atoms with Crippen molar-refractivity contribution >= 4 is 37.8 Å². The number of amides is 1. The first-order valence-electron chi connectivity index (χ1n) is 5.61. The van der Waals surface area contributed by atoms with Crippen LogP contribution in [-0.4, -0.2) is 16.8 Å². The standard InChI is InChI=1S/C13H17Br2NO/c1-8-6-11(15)4-5-12(8)13(17)16-10(3)7-9(2)14/h4-6,9-10H,7H2,1-3H3,(H,16,17). The SMILES string of the molecule is Cc1cc(Br)ccc1C(=O)NC(C)CC(C)Br. The van der Waals surface area contributed by atoms with Crippen LogP contribution < -0.4 is 5.32 Å². The number of hydrogen-bond acceptors (Lipinski definition) is 1. The summed E-state index contributed by atoms with van der Waals surface area (Å²) < 4.78 is 0.994. The lowest BCUT2D eigenvalue weighted by Gasteiger charge is -2.16. The summed E-state index contributed by atoms with van der Waals surface area (Å²) in [5.41, 5.74) is 1.72. The van der Waals surface area contributed by atoms with Gasteiger partial charge in [0.1, 0.15) is 0 Å². The number of benzene rings is 1. The molecule has 1 amide bonds. The van der Waals surface area contributed by atoms with Crippen molar-refractivity contribution < 1.29 is 4.79 Å². The third-order valence-electron chi connectivity index (χ3n) is 2.49. The number of carbonyl (C=O) groups is 1. The Hall–Kier alpha value is -0.350. The third kappa shape index (κ3) is 4.80. The Morgan fingerprint density at radius 1 is 1.41 bits per heavy atom. The van der Waals surface area contributed by atoms with E-state index < -0.39 is 0 Å². The average molecular weight is 363 g/mol. The highest BCUT2D eigenvalue weighted by atomic mass is 79.9. The summed E-state index contributed by atoms with van der Waals surface area (Å²) in [6, 6.07) is 5.85. The quantitative estimate of drug-likeness (QED) is 0.804. The van der Waals surface area contributed by atoms with Crippen molar-refractivity contribution in [2.75, 3.05) is 0 Å². The van der Waals surface area contributed by atoms with Crippen LogP contribution in [0, 0.1) is 6.92 Å². The van der Waals surface area contributed by atoms with Gasteiger partial charge in [0, 0.05) is 20.9 Å². The van der Waals surface area contributed by atoms with E-state index in [-0.39, 0.29) is 11.9 Å². The normalized spacial score (nSPS) is 14.2. The zero-order valence-corrected chi connectivity index (χ0v) is 13.4. The van der Waals surface area contributed by atoms with Crippen molar-refractivity contribution in [3.05, 3.63) is 33.8 Å². The van der Waals surface area contributed by atoms with E-state index in [1.165, 1.54) is 0 Å². The van der Waals surface area contributed by atoms with Crippen LogP contribution in [0.15, 0.2) is 22.7 Å². The summed E-state index contributed by atoms with van der Waals surface area (Å²) in [6.07, 6.45) is 0.918. The summed E-state index contributed by atoms with van der Waals surface area (Å²) in [4.78, 5) is 12.4. The average Bonchev–Trinajstić information content (AvgIpc) is 2.15. The Labute approximate surface area is 119 Å². The molecule has 0 radical (unpaired) electrons. The fourth-order valence-electron chi connectivity index (χ4n) is 1.73. The third-order valence-corrected chi connectivity index (χ3v) is 3.36. The number of hydrogen-bond donors (Lipinski definition) is 1. The monoisotopic (exact) mass is 361 g/mol. The lowest BCUT2D eigenvalue weighted by atomic mass is 10.1. The Bertz CT molecular complexity index is 404. The van der Waals surface area contributed by atoms with Crippen molar-refractivity contribution in [1.29, 1.82) is 0 Å². The van der Waals surface area contributed by atoms with E-state index in [1.54, 1.807) is 0 Å². The van der Waals surface area contributed by atoms with Crippen molar-refractivity contribution in [1.82, 2.24) is 5.32 Å². The Balaban J connectivity index is 2.70. The van der Waals surface area contributed by atoms with Gasteiger partial charge in [0.2, 0.25) is 0 Å².